The predicted octanol–water partition coefficient (Wildman–Crippen LogP) is 17.8. The van der Waals surface area contributed by atoms with E-state index in [0.717, 1.165) is 56.9 Å². The van der Waals surface area contributed by atoms with Crippen molar-refractivity contribution in [1.82, 2.24) is 4.57 Å². The summed E-state index contributed by atoms with van der Waals surface area (Å²) in [5, 5.41) is 8.36. The Morgan fingerprint density at radius 1 is 0.338 bits per heavy atom. The van der Waals surface area contributed by atoms with Crippen molar-refractivity contribution >= 4 is 93.4 Å². The number of fused-ring (bicyclic) bond motifs is 5. The minimum atomic E-state index is 1.07. The Morgan fingerprint density at radius 3 is 1.15 bits per heavy atom. The first-order chi connectivity index (χ1) is 32.2. The fourth-order valence-corrected chi connectivity index (χ4v) is 10.2. The molecule has 1 aromatic heterocycles. The van der Waals surface area contributed by atoms with Crippen molar-refractivity contribution in [3.05, 3.63) is 236 Å². The summed E-state index contributed by atoms with van der Waals surface area (Å²) in [5.74, 6) is 0. The number of hydrogen-bond acceptors (Lipinski definition) is 2. The van der Waals surface area contributed by atoms with Crippen LogP contribution in [0, 0.1) is 0 Å². The zero-order chi connectivity index (χ0) is 43.5. The van der Waals surface area contributed by atoms with E-state index in [1.807, 2.05) is 0 Å². The number of anilines is 6. The van der Waals surface area contributed by atoms with Crippen LogP contribution in [-0.4, -0.2) is 9.90 Å². The Morgan fingerprint density at radius 2 is 0.738 bits per heavy atom. The second kappa shape index (κ2) is 18.0. The maximum Gasteiger partial charge on any atom is 0.0619 e. The molecule has 0 aliphatic heterocycles. The number of para-hydroxylation sites is 4. The van der Waals surface area contributed by atoms with Crippen LogP contribution in [0.25, 0.3) is 60.2 Å². The van der Waals surface area contributed by atoms with Gasteiger partial charge >= 0.3 is 0 Å². The number of hydrogen-bond donors (Lipinski definition) is 0. The van der Waals surface area contributed by atoms with Crippen molar-refractivity contribution in [2.75, 3.05) is 15.1 Å². The average molecular weight is 903 g/mol. The van der Waals surface area contributed by atoms with Gasteiger partial charge in [0.1, 0.15) is 0 Å². The SMILES string of the molecule is BrCCCCCc1ccc(-c2c3ccccc3c(-n3c4ccc(N(c5ccccc5)c5ccccc5)cc4c4cc(N(c5ccccc5)c5ccccc5)ccc43)c3ccccc23)cc1. The van der Waals surface area contributed by atoms with Gasteiger partial charge in [0.25, 0.3) is 0 Å². The predicted molar refractivity (Wildman–Crippen MR) is 282 cm³/mol. The van der Waals surface area contributed by atoms with Gasteiger partial charge in [0.15, 0.2) is 0 Å². The van der Waals surface area contributed by atoms with Gasteiger partial charge in [-0.05, 0) is 132 Å². The topological polar surface area (TPSA) is 11.4 Å². The molecule has 0 aliphatic rings. The number of halogens is 1. The van der Waals surface area contributed by atoms with Crippen LogP contribution in [0.3, 0.4) is 0 Å². The highest BCUT2D eigenvalue weighted by atomic mass is 79.9. The Labute approximate surface area is 389 Å². The van der Waals surface area contributed by atoms with Gasteiger partial charge < -0.3 is 14.4 Å². The number of benzene rings is 10. The molecule has 0 atom stereocenters. The molecule has 0 aliphatic carbocycles. The molecule has 0 unspecified atom stereocenters. The Hall–Kier alpha value is -7.40. The lowest BCUT2D eigenvalue weighted by molar-refractivity contribution is 0.724. The van der Waals surface area contributed by atoms with Crippen molar-refractivity contribution in [2.24, 2.45) is 0 Å². The monoisotopic (exact) mass is 901 g/mol. The van der Waals surface area contributed by atoms with Gasteiger partial charge in [0, 0.05) is 61.0 Å². The lowest BCUT2D eigenvalue weighted by Gasteiger charge is -2.26. The van der Waals surface area contributed by atoms with Crippen LogP contribution in [0.1, 0.15) is 24.8 Å². The summed E-state index contributed by atoms with van der Waals surface area (Å²) in [7, 11) is 0. The molecular weight excluding hydrogens is 855 g/mol. The standard InChI is InChI=1S/C61H48BrN3/c62-41-19-5-6-20-44-33-35-45(36-34-44)60-52-29-15-17-31-54(52)61(55-32-18-16-30-53(55)60)65-58-39-37-50(63(46-21-7-1-8-22-46)47-23-9-2-10-24-47)42-56(58)57-43-51(38-40-59(57)65)64(48-25-11-3-12-26-48)49-27-13-4-14-28-49/h1-4,7-18,21-40,42-43H,5-6,19-20,41H2. The molecule has 0 bridgehead atoms. The normalized spacial score (nSPS) is 11.5. The number of rotatable bonds is 13. The number of unbranched alkanes of at least 4 members (excludes halogenated alkanes) is 2. The molecule has 0 saturated carbocycles. The highest BCUT2D eigenvalue weighted by molar-refractivity contribution is 9.09. The van der Waals surface area contributed by atoms with E-state index in [1.54, 1.807) is 0 Å². The van der Waals surface area contributed by atoms with E-state index in [-0.39, 0.29) is 0 Å². The van der Waals surface area contributed by atoms with Crippen LogP contribution in [0.2, 0.25) is 0 Å². The summed E-state index contributed by atoms with van der Waals surface area (Å²) in [4.78, 5) is 4.72. The molecule has 0 amide bonds. The molecule has 1 heterocycles. The molecule has 0 saturated heterocycles. The first-order valence-electron chi connectivity index (χ1n) is 22.7. The van der Waals surface area contributed by atoms with Crippen LogP contribution in [0.4, 0.5) is 34.1 Å². The molecule has 0 N–H and O–H groups in total. The minimum Gasteiger partial charge on any atom is -0.310 e. The highest BCUT2D eigenvalue weighted by Gasteiger charge is 2.23. The summed E-state index contributed by atoms with van der Waals surface area (Å²) in [6, 6.07) is 84.2. The molecule has 0 fully saturated rings. The molecule has 314 valence electrons. The van der Waals surface area contributed by atoms with Crippen LogP contribution in [0.5, 0.6) is 0 Å². The molecule has 4 heteroatoms. The van der Waals surface area contributed by atoms with Crippen molar-refractivity contribution < 1.29 is 0 Å². The van der Waals surface area contributed by atoms with E-state index < -0.39 is 0 Å². The van der Waals surface area contributed by atoms with Gasteiger partial charge in [-0.2, -0.15) is 0 Å². The smallest absolute Gasteiger partial charge is 0.0619 e. The fourth-order valence-electron chi connectivity index (χ4n) is 9.82. The van der Waals surface area contributed by atoms with Gasteiger partial charge in [-0.15, -0.1) is 0 Å². The maximum atomic E-state index is 3.59. The molecule has 3 nitrogen and oxygen atoms in total. The molecule has 11 rings (SSSR count). The van der Waals surface area contributed by atoms with Crippen LogP contribution in [0.15, 0.2) is 231 Å². The average Bonchev–Trinajstić information content (AvgIpc) is 3.68. The van der Waals surface area contributed by atoms with E-state index in [0.29, 0.717) is 0 Å². The van der Waals surface area contributed by atoms with Gasteiger partial charge in [-0.1, -0.05) is 168 Å². The van der Waals surface area contributed by atoms with Crippen molar-refractivity contribution in [3.63, 3.8) is 0 Å². The number of alkyl halides is 1. The van der Waals surface area contributed by atoms with Crippen LogP contribution >= 0.6 is 15.9 Å². The Balaban J connectivity index is 1.18. The van der Waals surface area contributed by atoms with Crippen molar-refractivity contribution in [1.29, 1.82) is 0 Å². The zero-order valence-electron chi connectivity index (χ0n) is 36.2. The number of nitrogens with zero attached hydrogens (tertiary/aromatic N) is 3. The van der Waals surface area contributed by atoms with Gasteiger partial charge in [0.05, 0.1) is 16.7 Å². The summed E-state index contributed by atoms with van der Waals surface area (Å²) in [6.45, 7) is 0. The second-order valence-electron chi connectivity index (χ2n) is 16.8. The summed E-state index contributed by atoms with van der Waals surface area (Å²) < 4.78 is 2.54. The van der Waals surface area contributed by atoms with Crippen LogP contribution < -0.4 is 9.80 Å². The summed E-state index contributed by atoms with van der Waals surface area (Å²) in [5.41, 5.74) is 14.0. The molecule has 10 aromatic carbocycles. The third-order valence-electron chi connectivity index (χ3n) is 12.8. The number of aryl methyl sites for hydroxylation is 1. The van der Waals surface area contributed by atoms with Gasteiger partial charge in [0.2, 0.25) is 0 Å². The van der Waals surface area contributed by atoms with E-state index in [1.165, 1.54) is 74.0 Å². The third kappa shape index (κ3) is 7.64. The first kappa shape index (κ1) is 40.4. The van der Waals surface area contributed by atoms with E-state index in [9.17, 15) is 0 Å². The lowest BCUT2D eigenvalue weighted by Crippen LogP contribution is -2.09. The third-order valence-corrected chi connectivity index (χ3v) is 13.3. The van der Waals surface area contributed by atoms with Gasteiger partial charge in [-0.25, -0.2) is 0 Å². The Kier molecular flexibility index (Phi) is 11.2. The summed E-state index contributed by atoms with van der Waals surface area (Å²) >= 11 is 3.59. The van der Waals surface area contributed by atoms with E-state index >= 15 is 0 Å². The summed E-state index contributed by atoms with van der Waals surface area (Å²) in [6.07, 6.45) is 4.77. The molecular formula is C61H48BrN3. The minimum absolute atomic E-state index is 1.07. The molecule has 0 spiro atoms. The van der Waals surface area contributed by atoms with E-state index in [2.05, 4.69) is 261 Å². The van der Waals surface area contributed by atoms with Crippen LogP contribution in [-0.2, 0) is 6.42 Å². The zero-order valence-corrected chi connectivity index (χ0v) is 37.8. The Bertz CT molecular complexity index is 3130. The van der Waals surface area contributed by atoms with Crippen molar-refractivity contribution in [2.45, 2.75) is 25.7 Å². The lowest BCUT2D eigenvalue weighted by atomic mass is 9.90. The maximum absolute atomic E-state index is 3.59. The van der Waals surface area contributed by atoms with Crippen molar-refractivity contribution in [3.8, 4) is 16.8 Å². The molecule has 11 aromatic rings. The largest absolute Gasteiger partial charge is 0.310 e. The fraction of sp³-hybridized carbons (Fsp3) is 0.0820. The second-order valence-corrected chi connectivity index (χ2v) is 17.6. The molecule has 0 radical (unpaired) electrons. The first-order valence-corrected chi connectivity index (χ1v) is 23.8. The van der Waals surface area contributed by atoms with E-state index in [4.69, 9.17) is 0 Å². The number of aromatic nitrogens is 1. The highest BCUT2D eigenvalue weighted by Crippen LogP contribution is 2.47. The van der Waals surface area contributed by atoms with Gasteiger partial charge in [-0.3, -0.25) is 0 Å². The quantitative estimate of drug-likeness (QED) is 0.0649. The molecule has 65 heavy (non-hydrogen) atoms.